The van der Waals surface area contributed by atoms with Gasteiger partial charge in [0.15, 0.2) is 0 Å². The minimum Gasteiger partial charge on any atom is -0.171 e. The summed E-state index contributed by atoms with van der Waals surface area (Å²) in [6.07, 6.45) is -4.66. The van der Waals surface area contributed by atoms with Gasteiger partial charge in [0.2, 0.25) is 0 Å². The zero-order valence-electron chi connectivity index (χ0n) is 8.02. The third kappa shape index (κ3) is 2.72. The minimum atomic E-state index is -4.05. The van der Waals surface area contributed by atoms with Crippen LogP contribution in [-0.4, -0.2) is 6.18 Å². The number of fused-ring (bicyclic) bond motifs is 1. The highest BCUT2D eigenvalue weighted by Crippen LogP contribution is 2.34. The van der Waals surface area contributed by atoms with Crippen molar-refractivity contribution in [1.29, 1.82) is 0 Å². The van der Waals surface area contributed by atoms with E-state index in [-0.39, 0.29) is 6.42 Å². The normalized spacial score (nSPS) is 12.5. The fourth-order valence-electron chi connectivity index (χ4n) is 1.39. The molecule has 0 unspecified atom stereocenters. The first kappa shape index (κ1) is 11.0. The van der Waals surface area contributed by atoms with Gasteiger partial charge in [0.25, 0.3) is 0 Å². The molecule has 15 heavy (non-hydrogen) atoms. The fraction of sp³-hybridized carbons (Fsp3) is 0.400. The molecule has 0 spiro atoms. The van der Waals surface area contributed by atoms with Crippen molar-refractivity contribution in [3.63, 3.8) is 0 Å². The molecule has 0 aliphatic heterocycles. The van der Waals surface area contributed by atoms with E-state index in [2.05, 4.69) is 0 Å². The molecule has 2 heterocycles. The Morgan fingerprint density at radius 2 is 1.80 bits per heavy atom. The molecule has 0 atom stereocenters. The molecule has 0 saturated heterocycles. The Balaban J connectivity index is 2.12. The lowest BCUT2D eigenvalue weighted by Crippen LogP contribution is -2.07. The van der Waals surface area contributed by atoms with Crippen molar-refractivity contribution in [1.82, 2.24) is 0 Å². The lowest BCUT2D eigenvalue weighted by Gasteiger charge is -2.03. The van der Waals surface area contributed by atoms with Crippen LogP contribution in [0.5, 0.6) is 0 Å². The van der Waals surface area contributed by atoms with Crippen LogP contribution in [0.2, 0.25) is 0 Å². The average Bonchev–Trinajstić information content (AvgIpc) is 2.55. The van der Waals surface area contributed by atoms with E-state index in [4.69, 9.17) is 0 Å². The highest BCUT2D eigenvalue weighted by atomic mass is 32.1. The molecule has 2 aromatic rings. The number of hydrogen-bond donors (Lipinski definition) is 0. The monoisotopic (exact) mass is 250 g/mol. The van der Waals surface area contributed by atoms with E-state index in [1.165, 1.54) is 16.2 Å². The Kier molecular flexibility index (Phi) is 2.77. The maximum absolute atomic E-state index is 12.0. The van der Waals surface area contributed by atoms with Gasteiger partial charge in [-0.2, -0.15) is 13.2 Å². The second-order valence-corrected chi connectivity index (χ2v) is 5.87. The molecule has 0 radical (unpaired) electrons. The number of halogens is 3. The summed E-state index contributed by atoms with van der Waals surface area (Å²) in [5, 5.41) is 0. The molecule has 2 aromatic heterocycles. The second kappa shape index (κ2) is 3.79. The summed E-state index contributed by atoms with van der Waals surface area (Å²) in [5.74, 6) is 0. The van der Waals surface area contributed by atoms with Crippen LogP contribution in [0.25, 0.3) is 9.40 Å². The summed E-state index contributed by atoms with van der Waals surface area (Å²) in [4.78, 5) is 2.03. The van der Waals surface area contributed by atoms with E-state index in [0.717, 1.165) is 14.3 Å². The van der Waals surface area contributed by atoms with Gasteiger partial charge in [-0.1, -0.05) is 0 Å². The highest BCUT2D eigenvalue weighted by molar-refractivity contribution is 7.27. The summed E-state index contributed by atoms with van der Waals surface area (Å²) < 4.78 is 38.2. The van der Waals surface area contributed by atoms with Gasteiger partial charge in [-0.3, -0.25) is 0 Å². The van der Waals surface area contributed by atoms with Crippen molar-refractivity contribution in [2.45, 2.75) is 25.9 Å². The van der Waals surface area contributed by atoms with Gasteiger partial charge in [-0.25, -0.2) is 0 Å². The Morgan fingerprint density at radius 1 is 1.13 bits per heavy atom. The van der Waals surface area contributed by atoms with Gasteiger partial charge in [0, 0.05) is 25.6 Å². The van der Waals surface area contributed by atoms with Gasteiger partial charge >= 0.3 is 6.18 Å². The minimum absolute atomic E-state index is 0.106. The van der Waals surface area contributed by atoms with Crippen LogP contribution in [0.4, 0.5) is 13.2 Å². The standard InChI is InChI=1S/C10H9F3S2/c1-6-4-8-9(14-6)5-7(15-8)2-3-10(11,12)13/h4-5H,2-3H2,1H3. The third-order valence-corrected chi connectivity index (χ3v) is 4.30. The van der Waals surface area contributed by atoms with Crippen molar-refractivity contribution < 1.29 is 13.2 Å². The topological polar surface area (TPSA) is 0 Å². The van der Waals surface area contributed by atoms with E-state index in [1.807, 2.05) is 19.1 Å². The lowest BCUT2D eigenvalue weighted by molar-refractivity contribution is -0.133. The van der Waals surface area contributed by atoms with Gasteiger partial charge in [0.1, 0.15) is 0 Å². The molecule has 0 bridgehead atoms. The first-order chi connectivity index (χ1) is 6.94. The van der Waals surface area contributed by atoms with E-state index in [1.54, 1.807) is 11.3 Å². The fourth-order valence-corrected chi connectivity index (χ4v) is 3.74. The zero-order valence-corrected chi connectivity index (χ0v) is 9.65. The highest BCUT2D eigenvalue weighted by Gasteiger charge is 2.26. The molecule has 0 fully saturated rings. The predicted molar refractivity (Wildman–Crippen MR) is 58.8 cm³/mol. The molecule has 0 aliphatic rings. The van der Waals surface area contributed by atoms with Gasteiger partial charge in [0.05, 0.1) is 0 Å². The van der Waals surface area contributed by atoms with Gasteiger partial charge < -0.3 is 0 Å². The molecular weight excluding hydrogens is 241 g/mol. The summed E-state index contributed by atoms with van der Waals surface area (Å²) in [7, 11) is 0. The predicted octanol–water partition coefficient (Wildman–Crippen LogP) is 4.77. The number of aryl methyl sites for hydroxylation is 2. The van der Waals surface area contributed by atoms with Crippen molar-refractivity contribution >= 4 is 32.1 Å². The Morgan fingerprint density at radius 3 is 2.40 bits per heavy atom. The number of thiophene rings is 2. The SMILES string of the molecule is Cc1cc2sc(CCC(F)(F)F)cc2s1. The van der Waals surface area contributed by atoms with Crippen molar-refractivity contribution in [3.05, 3.63) is 21.9 Å². The van der Waals surface area contributed by atoms with Crippen LogP contribution in [0.1, 0.15) is 16.2 Å². The Bertz CT molecular complexity index is 433. The van der Waals surface area contributed by atoms with E-state index in [0.29, 0.717) is 0 Å². The molecular formula is C10H9F3S2. The second-order valence-electron chi connectivity index (χ2n) is 3.41. The molecule has 0 N–H and O–H groups in total. The maximum atomic E-state index is 12.0. The van der Waals surface area contributed by atoms with Crippen molar-refractivity contribution in [3.8, 4) is 0 Å². The number of alkyl halides is 3. The molecule has 0 nitrogen and oxygen atoms in total. The van der Waals surface area contributed by atoms with E-state index < -0.39 is 12.6 Å². The zero-order chi connectivity index (χ0) is 11.1. The average molecular weight is 250 g/mol. The first-order valence-electron chi connectivity index (χ1n) is 4.50. The Labute approximate surface area is 93.4 Å². The summed E-state index contributed by atoms with van der Waals surface area (Å²) in [5.41, 5.74) is 0. The molecule has 0 amide bonds. The molecule has 2 rings (SSSR count). The third-order valence-electron chi connectivity index (χ3n) is 2.04. The van der Waals surface area contributed by atoms with Crippen LogP contribution in [-0.2, 0) is 6.42 Å². The van der Waals surface area contributed by atoms with Crippen LogP contribution in [0.3, 0.4) is 0 Å². The quantitative estimate of drug-likeness (QED) is 0.720. The molecule has 0 saturated carbocycles. The van der Waals surface area contributed by atoms with Crippen LogP contribution < -0.4 is 0 Å². The van der Waals surface area contributed by atoms with E-state index in [9.17, 15) is 13.2 Å². The van der Waals surface area contributed by atoms with Gasteiger partial charge in [-0.05, 0) is 25.5 Å². The van der Waals surface area contributed by atoms with E-state index >= 15 is 0 Å². The number of rotatable bonds is 2. The molecule has 0 aromatic carbocycles. The van der Waals surface area contributed by atoms with Crippen LogP contribution in [0.15, 0.2) is 12.1 Å². The largest absolute Gasteiger partial charge is 0.389 e. The Hall–Kier alpha value is -0.550. The molecule has 5 heteroatoms. The first-order valence-corrected chi connectivity index (χ1v) is 6.13. The summed E-state index contributed by atoms with van der Waals surface area (Å²) in [6.45, 7) is 2.01. The van der Waals surface area contributed by atoms with Gasteiger partial charge in [-0.15, -0.1) is 22.7 Å². The molecule has 0 aliphatic carbocycles. The lowest BCUT2D eigenvalue weighted by atomic mass is 10.2. The maximum Gasteiger partial charge on any atom is 0.389 e. The molecule has 82 valence electrons. The van der Waals surface area contributed by atoms with Crippen molar-refractivity contribution in [2.24, 2.45) is 0 Å². The van der Waals surface area contributed by atoms with Crippen LogP contribution in [0, 0.1) is 6.92 Å². The van der Waals surface area contributed by atoms with Crippen molar-refractivity contribution in [2.75, 3.05) is 0 Å². The van der Waals surface area contributed by atoms with Crippen LogP contribution >= 0.6 is 22.7 Å². The summed E-state index contributed by atoms with van der Waals surface area (Å²) >= 11 is 3.10. The number of hydrogen-bond acceptors (Lipinski definition) is 2. The smallest absolute Gasteiger partial charge is 0.171 e. The summed E-state index contributed by atoms with van der Waals surface area (Å²) in [6, 6.07) is 3.91.